The van der Waals surface area contributed by atoms with Crippen molar-refractivity contribution in [2.75, 3.05) is 18.6 Å². The topological polar surface area (TPSA) is 25.4 Å². The van der Waals surface area contributed by atoms with Crippen LogP contribution in [0.1, 0.15) is 38.3 Å². The third-order valence-electron chi connectivity index (χ3n) is 4.37. The molecule has 0 fully saturated rings. The van der Waals surface area contributed by atoms with E-state index in [1.165, 1.54) is 11.1 Å². The molecule has 0 saturated heterocycles. The molecule has 122 valence electrons. The molecule has 1 aromatic carbocycles. The first kappa shape index (κ1) is 16.1. The van der Waals surface area contributed by atoms with Crippen LogP contribution in [0.25, 0.3) is 0 Å². The third kappa shape index (κ3) is 3.16. The predicted octanol–water partition coefficient (Wildman–Crippen LogP) is 5.13. The molecule has 4 heteroatoms. The minimum absolute atomic E-state index is 0.0995. The van der Waals surface area contributed by atoms with Crippen LogP contribution in [0, 0.1) is 0 Å². The highest BCUT2D eigenvalue weighted by atomic mass is 35.5. The number of ether oxygens (including phenoxy) is 1. The summed E-state index contributed by atoms with van der Waals surface area (Å²) in [5.41, 5.74) is 3.67. The maximum Gasteiger partial charge on any atom is 0.133 e. The molecule has 2 heterocycles. The van der Waals surface area contributed by atoms with Gasteiger partial charge in [0.15, 0.2) is 0 Å². The average molecular weight is 331 g/mol. The zero-order valence-corrected chi connectivity index (χ0v) is 14.9. The zero-order chi connectivity index (χ0) is 16.6. The number of fused-ring (bicyclic) bond motifs is 1. The molecule has 0 atom stereocenters. The van der Waals surface area contributed by atoms with Gasteiger partial charge in [-0.2, -0.15) is 0 Å². The summed E-state index contributed by atoms with van der Waals surface area (Å²) in [6.07, 6.45) is 3.96. The van der Waals surface area contributed by atoms with E-state index in [9.17, 15) is 0 Å². The Morgan fingerprint density at radius 3 is 2.70 bits per heavy atom. The molecule has 1 aliphatic heterocycles. The molecule has 0 amide bonds. The summed E-state index contributed by atoms with van der Waals surface area (Å²) in [5.74, 6) is 1.76. The number of hydrogen-bond acceptors (Lipinski definition) is 3. The fourth-order valence-electron chi connectivity index (χ4n) is 3.01. The predicted molar refractivity (Wildman–Crippen MR) is 96.3 cm³/mol. The van der Waals surface area contributed by atoms with E-state index in [-0.39, 0.29) is 5.41 Å². The molecule has 1 aromatic heterocycles. The summed E-state index contributed by atoms with van der Waals surface area (Å²) in [7, 11) is 1.67. The number of anilines is 2. The molecule has 0 N–H and O–H groups in total. The monoisotopic (exact) mass is 330 g/mol. The molecule has 23 heavy (non-hydrogen) atoms. The molecule has 3 nitrogen and oxygen atoms in total. The molecule has 0 unspecified atom stereocenters. The van der Waals surface area contributed by atoms with Crippen LogP contribution in [-0.4, -0.2) is 18.6 Å². The van der Waals surface area contributed by atoms with Crippen molar-refractivity contribution in [3.8, 4) is 5.75 Å². The summed E-state index contributed by atoms with van der Waals surface area (Å²) >= 11 is 6.46. The van der Waals surface area contributed by atoms with Gasteiger partial charge in [-0.25, -0.2) is 4.98 Å². The number of rotatable bonds is 2. The lowest BCUT2D eigenvalue weighted by molar-refractivity contribution is 0.414. The van der Waals surface area contributed by atoms with Gasteiger partial charge in [-0.15, -0.1) is 0 Å². The summed E-state index contributed by atoms with van der Waals surface area (Å²) in [6, 6.07) is 8.23. The Bertz CT molecular complexity index is 722. The summed E-state index contributed by atoms with van der Waals surface area (Å²) in [4.78, 5) is 6.86. The van der Waals surface area contributed by atoms with Crippen LogP contribution < -0.4 is 9.64 Å². The van der Waals surface area contributed by atoms with Crippen molar-refractivity contribution in [3.05, 3.63) is 46.6 Å². The Labute approximate surface area is 143 Å². The number of benzene rings is 1. The quantitative estimate of drug-likeness (QED) is 0.763. The minimum Gasteiger partial charge on any atom is -0.497 e. The molecule has 0 bridgehead atoms. The summed E-state index contributed by atoms with van der Waals surface area (Å²) in [5, 5.41) is 0.774. The number of pyridine rings is 1. The number of nitrogens with zero attached hydrogens (tertiary/aromatic N) is 2. The van der Waals surface area contributed by atoms with E-state index in [0.717, 1.165) is 41.7 Å². The van der Waals surface area contributed by atoms with Gasteiger partial charge < -0.3 is 9.64 Å². The fraction of sp³-hybridized carbons (Fsp3) is 0.421. The van der Waals surface area contributed by atoms with Crippen LogP contribution in [0.15, 0.2) is 30.5 Å². The van der Waals surface area contributed by atoms with Crippen molar-refractivity contribution in [1.82, 2.24) is 4.98 Å². The zero-order valence-electron chi connectivity index (χ0n) is 14.2. The molecular weight excluding hydrogens is 308 g/mol. The Balaban J connectivity index is 2.08. The van der Waals surface area contributed by atoms with Gasteiger partial charge in [-0.1, -0.05) is 32.4 Å². The molecule has 0 aliphatic carbocycles. The van der Waals surface area contributed by atoms with Gasteiger partial charge in [0.05, 0.1) is 12.8 Å². The third-order valence-corrected chi connectivity index (χ3v) is 4.71. The van der Waals surface area contributed by atoms with Crippen molar-refractivity contribution in [2.24, 2.45) is 0 Å². The first-order valence-electron chi connectivity index (χ1n) is 8.00. The molecule has 0 spiro atoms. The second-order valence-corrected chi connectivity index (χ2v) is 7.42. The van der Waals surface area contributed by atoms with Crippen LogP contribution in [0.5, 0.6) is 5.75 Å². The van der Waals surface area contributed by atoms with Crippen LogP contribution in [0.4, 0.5) is 11.5 Å². The van der Waals surface area contributed by atoms with Crippen molar-refractivity contribution in [2.45, 2.75) is 39.0 Å². The molecule has 3 rings (SSSR count). The molecular formula is C19H23ClN2O. The Kier molecular flexibility index (Phi) is 4.24. The largest absolute Gasteiger partial charge is 0.497 e. The second kappa shape index (κ2) is 6.04. The van der Waals surface area contributed by atoms with Crippen molar-refractivity contribution in [3.63, 3.8) is 0 Å². The molecule has 1 aliphatic rings. The van der Waals surface area contributed by atoms with Crippen LogP contribution in [0.2, 0.25) is 5.02 Å². The number of halogens is 1. The van der Waals surface area contributed by atoms with Crippen LogP contribution >= 0.6 is 11.6 Å². The smallest absolute Gasteiger partial charge is 0.133 e. The van der Waals surface area contributed by atoms with Gasteiger partial charge in [0, 0.05) is 23.8 Å². The van der Waals surface area contributed by atoms with Gasteiger partial charge in [-0.3, -0.25) is 0 Å². The lowest BCUT2D eigenvalue weighted by Gasteiger charge is -2.32. The van der Waals surface area contributed by atoms with Crippen molar-refractivity contribution >= 4 is 23.1 Å². The van der Waals surface area contributed by atoms with Gasteiger partial charge in [0.25, 0.3) is 0 Å². The highest BCUT2D eigenvalue weighted by Crippen LogP contribution is 2.40. The number of methoxy groups -OCH3 is 1. The normalized spacial score (nSPS) is 14.6. The number of hydrogen-bond donors (Lipinski definition) is 0. The first-order valence-corrected chi connectivity index (χ1v) is 8.38. The fourth-order valence-corrected chi connectivity index (χ4v) is 3.31. The highest BCUT2D eigenvalue weighted by Gasteiger charge is 2.24. The number of aromatic nitrogens is 1. The molecule has 2 aromatic rings. The van der Waals surface area contributed by atoms with Gasteiger partial charge in [0.2, 0.25) is 0 Å². The van der Waals surface area contributed by atoms with E-state index in [1.807, 2.05) is 12.3 Å². The lowest BCUT2D eigenvalue weighted by Crippen LogP contribution is -2.26. The Morgan fingerprint density at radius 1 is 1.22 bits per heavy atom. The second-order valence-electron chi connectivity index (χ2n) is 7.01. The maximum atomic E-state index is 6.46. The molecule has 0 saturated carbocycles. The van der Waals surface area contributed by atoms with E-state index in [2.05, 4.69) is 48.9 Å². The van der Waals surface area contributed by atoms with Gasteiger partial charge >= 0.3 is 0 Å². The van der Waals surface area contributed by atoms with E-state index in [4.69, 9.17) is 16.3 Å². The molecule has 0 radical (unpaired) electrons. The van der Waals surface area contributed by atoms with E-state index in [1.54, 1.807) is 7.11 Å². The SMILES string of the molecule is COc1cc(Cl)c2c(c1)N(c1cc(C(C)(C)C)ccn1)CCC2. The van der Waals surface area contributed by atoms with Gasteiger partial charge in [0.1, 0.15) is 11.6 Å². The van der Waals surface area contributed by atoms with E-state index in [0.29, 0.717) is 0 Å². The highest BCUT2D eigenvalue weighted by molar-refractivity contribution is 6.32. The minimum atomic E-state index is 0.0995. The van der Waals surface area contributed by atoms with Crippen molar-refractivity contribution < 1.29 is 4.74 Å². The lowest BCUT2D eigenvalue weighted by atomic mass is 9.87. The van der Waals surface area contributed by atoms with Crippen LogP contribution in [0.3, 0.4) is 0 Å². The van der Waals surface area contributed by atoms with Crippen molar-refractivity contribution in [1.29, 1.82) is 0 Å². The maximum absolute atomic E-state index is 6.46. The average Bonchev–Trinajstić information content (AvgIpc) is 2.53. The van der Waals surface area contributed by atoms with E-state index >= 15 is 0 Å². The Hall–Kier alpha value is -1.74. The standard InChI is InChI=1S/C19H23ClN2O/c1-19(2,3)13-7-8-21-18(10-13)22-9-5-6-15-16(20)11-14(23-4)12-17(15)22/h7-8,10-12H,5-6,9H2,1-4H3. The summed E-state index contributed by atoms with van der Waals surface area (Å²) in [6.45, 7) is 7.60. The summed E-state index contributed by atoms with van der Waals surface area (Å²) < 4.78 is 5.39. The van der Waals surface area contributed by atoms with E-state index < -0.39 is 0 Å². The first-order chi connectivity index (χ1) is 10.9. The van der Waals surface area contributed by atoms with Gasteiger partial charge in [-0.05, 0) is 47.6 Å². The van der Waals surface area contributed by atoms with Crippen LogP contribution in [-0.2, 0) is 11.8 Å². The Morgan fingerprint density at radius 2 is 2.00 bits per heavy atom.